The number of hydrogen-bond acceptors (Lipinski definition) is 5. The highest BCUT2D eigenvalue weighted by molar-refractivity contribution is 8.13. The second kappa shape index (κ2) is 7.53. The van der Waals surface area contributed by atoms with Crippen LogP contribution in [0.3, 0.4) is 0 Å². The smallest absolute Gasteiger partial charge is 0.400 e. The summed E-state index contributed by atoms with van der Waals surface area (Å²) < 4.78 is 12.2. The number of nitrogens with two attached hydrogens (primary N) is 1. The number of carbonyl (C=O) groups is 1. The molecule has 0 radical (unpaired) electrons. The van der Waals surface area contributed by atoms with Crippen LogP contribution in [0, 0.1) is 0 Å². The first-order valence-corrected chi connectivity index (χ1v) is 9.61. The summed E-state index contributed by atoms with van der Waals surface area (Å²) in [7, 11) is -0.575. The predicted octanol–water partition coefficient (Wildman–Crippen LogP) is 4.87. The molecule has 25 heavy (non-hydrogen) atoms. The van der Waals surface area contributed by atoms with Gasteiger partial charge in [0.05, 0.1) is 21.9 Å². The minimum atomic E-state index is -0.575. The highest BCUT2D eigenvalue weighted by Gasteiger charge is 2.52. The molecule has 2 N–H and O–H groups in total. The van der Waals surface area contributed by atoms with Crippen molar-refractivity contribution in [3.05, 3.63) is 33.2 Å². The molecule has 1 saturated heterocycles. The Hall–Kier alpha value is -0.655. The number of anilines is 1. The van der Waals surface area contributed by atoms with E-state index >= 15 is 0 Å². The molecule has 0 unspecified atom stereocenters. The van der Waals surface area contributed by atoms with E-state index in [0.29, 0.717) is 27.0 Å². The molecule has 4 nitrogen and oxygen atoms in total. The van der Waals surface area contributed by atoms with E-state index in [1.54, 1.807) is 12.1 Å². The zero-order chi connectivity index (χ0) is 19.0. The zero-order valence-corrected chi connectivity index (χ0v) is 17.3. The van der Waals surface area contributed by atoms with E-state index < -0.39 is 18.3 Å². The van der Waals surface area contributed by atoms with Gasteiger partial charge in [0.1, 0.15) is 0 Å². The van der Waals surface area contributed by atoms with Crippen LogP contribution in [-0.4, -0.2) is 29.2 Å². The number of nitrogen functional groups attached to an aromatic ring is 1. The molecule has 1 aliphatic heterocycles. The number of thioether (sulfide) groups is 1. The van der Waals surface area contributed by atoms with Gasteiger partial charge in [-0.15, -0.1) is 0 Å². The molecule has 1 aliphatic rings. The summed E-state index contributed by atoms with van der Waals surface area (Å²) in [5.74, 6) is 0.426. The Morgan fingerprint density at radius 1 is 1.24 bits per heavy atom. The van der Waals surface area contributed by atoms with E-state index in [-0.39, 0.29) is 5.12 Å². The summed E-state index contributed by atoms with van der Waals surface area (Å²) >= 11 is 13.4. The van der Waals surface area contributed by atoms with Gasteiger partial charge in [-0.2, -0.15) is 0 Å². The Morgan fingerprint density at radius 3 is 2.32 bits per heavy atom. The summed E-state index contributed by atoms with van der Waals surface area (Å²) in [6.07, 6.45) is 1.84. The van der Waals surface area contributed by atoms with Crippen molar-refractivity contribution in [1.82, 2.24) is 0 Å². The molecular weight excluding hydrogens is 380 g/mol. The largest absolute Gasteiger partial charge is 0.491 e. The Morgan fingerprint density at radius 2 is 1.80 bits per heavy atom. The van der Waals surface area contributed by atoms with Gasteiger partial charge in [0.15, 0.2) is 5.12 Å². The third-order valence-electron chi connectivity index (χ3n) is 4.47. The number of hydrogen-bond donors (Lipinski definition) is 1. The van der Waals surface area contributed by atoms with Crippen molar-refractivity contribution in [3.8, 4) is 0 Å². The van der Waals surface area contributed by atoms with Crippen LogP contribution in [0.4, 0.5) is 5.69 Å². The van der Waals surface area contributed by atoms with Crippen LogP contribution >= 0.6 is 35.0 Å². The first-order chi connectivity index (χ1) is 11.4. The first kappa shape index (κ1) is 20.7. The Balaban J connectivity index is 2.42. The standard InChI is InChI=1S/C17H22BCl2NO3S/c1-10(22)25-9-12(18-23-16(2,3)17(4,5)24-18)6-11-7-13(19)8-14(20)15(11)21/h6-8H,9,21H2,1-5H3. The molecule has 1 fully saturated rings. The van der Waals surface area contributed by atoms with Crippen molar-refractivity contribution < 1.29 is 14.1 Å². The molecule has 1 aromatic carbocycles. The maximum absolute atomic E-state index is 11.4. The number of rotatable bonds is 4. The van der Waals surface area contributed by atoms with E-state index in [9.17, 15) is 4.79 Å². The molecule has 0 aliphatic carbocycles. The van der Waals surface area contributed by atoms with Crippen LogP contribution in [-0.2, 0) is 14.1 Å². The predicted molar refractivity (Wildman–Crippen MR) is 108 cm³/mol. The fourth-order valence-electron chi connectivity index (χ4n) is 2.28. The average Bonchev–Trinajstić information content (AvgIpc) is 2.68. The lowest BCUT2D eigenvalue weighted by Gasteiger charge is -2.32. The van der Waals surface area contributed by atoms with E-state index in [4.69, 9.17) is 38.2 Å². The van der Waals surface area contributed by atoms with Crippen LogP contribution in [0.25, 0.3) is 6.08 Å². The summed E-state index contributed by atoms with van der Waals surface area (Å²) in [5.41, 5.74) is 7.01. The molecule has 0 aromatic heterocycles. The van der Waals surface area contributed by atoms with Gasteiger partial charge in [0.2, 0.25) is 0 Å². The van der Waals surface area contributed by atoms with Gasteiger partial charge in [-0.05, 0) is 50.9 Å². The van der Waals surface area contributed by atoms with Crippen molar-refractivity contribution >= 4 is 59.0 Å². The van der Waals surface area contributed by atoms with Crippen LogP contribution in [0.15, 0.2) is 17.6 Å². The van der Waals surface area contributed by atoms with E-state index in [1.807, 2.05) is 33.8 Å². The van der Waals surface area contributed by atoms with Gasteiger partial charge in [-0.3, -0.25) is 4.79 Å². The molecule has 1 aromatic rings. The third-order valence-corrected chi connectivity index (χ3v) is 5.88. The zero-order valence-electron chi connectivity index (χ0n) is 15.0. The van der Waals surface area contributed by atoms with Crippen molar-refractivity contribution in [2.45, 2.75) is 45.8 Å². The monoisotopic (exact) mass is 401 g/mol. The molecule has 0 spiro atoms. The third kappa shape index (κ3) is 4.74. The second-order valence-corrected chi connectivity index (χ2v) is 8.97. The fraction of sp³-hybridized carbons (Fsp3) is 0.471. The lowest BCUT2D eigenvalue weighted by atomic mass is 9.78. The average molecular weight is 402 g/mol. The van der Waals surface area contributed by atoms with Gasteiger partial charge in [0.25, 0.3) is 0 Å². The maximum Gasteiger partial charge on any atom is 0.491 e. The fourth-order valence-corrected chi connectivity index (χ4v) is 3.38. The van der Waals surface area contributed by atoms with Gasteiger partial charge in [0, 0.05) is 17.7 Å². The molecule has 0 bridgehead atoms. The van der Waals surface area contributed by atoms with E-state index in [1.165, 1.54) is 18.7 Å². The van der Waals surface area contributed by atoms with Gasteiger partial charge in [-0.1, -0.05) is 41.0 Å². The molecular formula is C17H22BCl2NO3S. The SMILES string of the molecule is CC(=O)SCC(=Cc1cc(Cl)cc(Cl)c1N)B1OC(C)(C)C(C)(C)O1. The Kier molecular flexibility index (Phi) is 6.22. The minimum Gasteiger partial charge on any atom is -0.400 e. The summed E-state index contributed by atoms with van der Waals surface area (Å²) in [6.45, 7) is 9.44. The topological polar surface area (TPSA) is 61.6 Å². The minimum absolute atomic E-state index is 0.0134. The van der Waals surface area contributed by atoms with Crippen LogP contribution in [0.2, 0.25) is 10.0 Å². The highest BCUT2D eigenvalue weighted by atomic mass is 35.5. The van der Waals surface area contributed by atoms with Crippen molar-refractivity contribution in [1.29, 1.82) is 0 Å². The Bertz CT molecular complexity index is 706. The van der Waals surface area contributed by atoms with Crippen LogP contribution in [0.5, 0.6) is 0 Å². The Labute approximate surface area is 163 Å². The summed E-state index contributed by atoms with van der Waals surface area (Å²) in [4.78, 5) is 11.4. The van der Waals surface area contributed by atoms with Crippen LogP contribution < -0.4 is 5.73 Å². The number of halogens is 2. The molecule has 8 heteroatoms. The van der Waals surface area contributed by atoms with Crippen LogP contribution in [0.1, 0.15) is 40.2 Å². The van der Waals surface area contributed by atoms with E-state index in [0.717, 1.165) is 5.47 Å². The molecule has 136 valence electrons. The van der Waals surface area contributed by atoms with Gasteiger partial charge >= 0.3 is 7.12 Å². The van der Waals surface area contributed by atoms with E-state index in [2.05, 4.69) is 0 Å². The molecule has 0 saturated carbocycles. The second-order valence-electron chi connectivity index (χ2n) is 6.98. The van der Waals surface area contributed by atoms with Crippen molar-refractivity contribution in [2.75, 3.05) is 11.5 Å². The number of carbonyl (C=O) groups excluding carboxylic acids is 1. The first-order valence-electron chi connectivity index (χ1n) is 7.87. The van der Waals surface area contributed by atoms with Crippen molar-refractivity contribution in [3.63, 3.8) is 0 Å². The van der Waals surface area contributed by atoms with Crippen molar-refractivity contribution in [2.24, 2.45) is 0 Å². The quantitative estimate of drug-likeness (QED) is 0.575. The summed E-state index contributed by atoms with van der Waals surface area (Å²) in [5, 5.41) is 0.878. The normalized spacial score (nSPS) is 19.3. The highest BCUT2D eigenvalue weighted by Crippen LogP contribution is 2.40. The van der Waals surface area contributed by atoms with Gasteiger partial charge in [-0.25, -0.2) is 0 Å². The molecule has 0 amide bonds. The molecule has 1 heterocycles. The summed E-state index contributed by atoms with van der Waals surface area (Å²) in [6, 6.07) is 3.32. The lowest BCUT2D eigenvalue weighted by Crippen LogP contribution is -2.41. The maximum atomic E-state index is 11.4. The lowest BCUT2D eigenvalue weighted by molar-refractivity contribution is -0.109. The molecule has 0 atom stereocenters. The van der Waals surface area contributed by atoms with Gasteiger partial charge < -0.3 is 15.0 Å². The molecule has 2 rings (SSSR count). The number of benzene rings is 1.